The van der Waals surface area contributed by atoms with Crippen molar-refractivity contribution in [2.24, 2.45) is 17.8 Å². The van der Waals surface area contributed by atoms with Crippen LogP contribution in [0.15, 0.2) is 60.7 Å². The van der Waals surface area contributed by atoms with Crippen molar-refractivity contribution in [2.75, 3.05) is 0 Å². The van der Waals surface area contributed by atoms with Crippen LogP contribution >= 0.6 is 0 Å². The molecule has 4 heteroatoms. The Balaban J connectivity index is 1.44. The van der Waals surface area contributed by atoms with E-state index >= 15 is 0 Å². The Morgan fingerprint density at radius 2 is 1.33 bits per heavy atom. The number of ether oxygens (including phenoxy) is 2. The van der Waals surface area contributed by atoms with Gasteiger partial charge in [0.15, 0.2) is 0 Å². The van der Waals surface area contributed by atoms with Gasteiger partial charge in [0, 0.05) is 29.4 Å². The highest BCUT2D eigenvalue weighted by Crippen LogP contribution is 2.53. The summed E-state index contributed by atoms with van der Waals surface area (Å²) < 4.78 is 12.7. The molecule has 0 amide bonds. The number of carbonyl (C=O) groups is 2. The molecule has 3 aromatic rings. The first-order chi connectivity index (χ1) is 23.8. The number of esters is 2. The molecule has 4 nitrogen and oxygen atoms in total. The second-order valence-electron chi connectivity index (χ2n) is 15.1. The number of carbonyl (C=O) groups excluding carboxylic acids is 2. The lowest BCUT2D eigenvalue weighted by atomic mass is 9.69. The zero-order valence-electron chi connectivity index (χ0n) is 30.9. The van der Waals surface area contributed by atoms with Crippen molar-refractivity contribution in [1.29, 1.82) is 0 Å². The SMILES string of the molecule is CCCCCC(C)CCCC(=O)Oc1ccc(OC(=O)C2CCC(CCCCC)CC2)c2c1C(c1ccccc1C)c1ccccc1C2C. The van der Waals surface area contributed by atoms with Crippen molar-refractivity contribution in [3.63, 3.8) is 0 Å². The molecule has 0 N–H and O–H groups in total. The first kappa shape index (κ1) is 36.9. The summed E-state index contributed by atoms with van der Waals surface area (Å²) in [5, 5.41) is 0. The minimum atomic E-state index is -0.196. The molecule has 0 spiro atoms. The summed E-state index contributed by atoms with van der Waals surface area (Å²) in [6, 6.07) is 20.8. The Morgan fingerprint density at radius 1 is 0.714 bits per heavy atom. The predicted molar refractivity (Wildman–Crippen MR) is 201 cm³/mol. The highest BCUT2D eigenvalue weighted by molar-refractivity contribution is 5.78. The van der Waals surface area contributed by atoms with Crippen LogP contribution in [0.5, 0.6) is 11.5 Å². The Bertz CT molecular complexity index is 1530. The molecule has 5 rings (SSSR count). The minimum absolute atomic E-state index is 0.0359. The van der Waals surface area contributed by atoms with Gasteiger partial charge >= 0.3 is 11.9 Å². The Labute approximate surface area is 296 Å². The Hall–Kier alpha value is -3.40. The third kappa shape index (κ3) is 9.24. The van der Waals surface area contributed by atoms with E-state index < -0.39 is 0 Å². The topological polar surface area (TPSA) is 52.6 Å². The fraction of sp³-hybridized carbons (Fsp3) is 0.556. The molecule has 1 fully saturated rings. The van der Waals surface area contributed by atoms with E-state index in [0.29, 0.717) is 23.8 Å². The molecule has 2 aliphatic carbocycles. The molecule has 3 aromatic carbocycles. The van der Waals surface area contributed by atoms with Gasteiger partial charge in [0.05, 0.1) is 5.92 Å². The van der Waals surface area contributed by atoms with Gasteiger partial charge in [-0.25, -0.2) is 0 Å². The lowest BCUT2D eigenvalue weighted by Crippen LogP contribution is -2.27. The summed E-state index contributed by atoms with van der Waals surface area (Å²) in [5.74, 6) is 1.95. The number of unbranched alkanes of at least 4 members (excludes halogenated alkanes) is 4. The predicted octanol–water partition coefficient (Wildman–Crippen LogP) is 12.2. The van der Waals surface area contributed by atoms with Crippen LogP contribution in [0, 0.1) is 24.7 Å². The number of benzene rings is 3. The molecule has 0 radical (unpaired) electrons. The molecule has 0 heterocycles. The van der Waals surface area contributed by atoms with E-state index in [1.165, 1.54) is 73.6 Å². The standard InChI is InChI=1S/C45H60O4/c1-6-8-10-17-31(3)18-16-24-41(46)48-40-30-29-39(49-45(47)35-27-25-34(26-28-35)20-11-9-7-2)42-33(5)37-22-14-15-23-38(37)43(44(40)42)36-21-13-12-19-32(36)4/h12-15,19,21-23,29-31,33-35,43H,6-11,16-18,20,24-28H2,1-5H3. The van der Waals surface area contributed by atoms with E-state index in [0.717, 1.165) is 55.6 Å². The number of hydrogen-bond donors (Lipinski definition) is 0. The molecule has 49 heavy (non-hydrogen) atoms. The zero-order valence-corrected chi connectivity index (χ0v) is 30.9. The third-order valence-electron chi connectivity index (χ3n) is 11.4. The molecule has 0 saturated heterocycles. The zero-order chi connectivity index (χ0) is 34.8. The molecule has 2 aliphatic rings. The summed E-state index contributed by atoms with van der Waals surface area (Å²) in [7, 11) is 0. The van der Waals surface area contributed by atoms with Crippen LogP contribution in [0.1, 0.15) is 169 Å². The number of rotatable bonds is 16. The summed E-state index contributed by atoms with van der Waals surface area (Å²) in [4.78, 5) is 27.2. The maximum absolute atomic E-state index is 13.8. The number of aryl methyl sites for hydroxylation is 1. The minimum Gasteiger partial charge on any atom is -0.426 e. The lowest BCUT2D eigenvalue weighted by molar-refractivity contribution is -0.140. The van der Waals surface area contributed by atoms with Gasteiger partial charge in [-0.1, -0.05) is 134 Å². The molecular weight excluding hydrogens is 604 g/mol. The summed E-state index contributed by atoms with van der Waals surface area (Å²) >= 11 is 0. The van der Waals surface area contributed by atoms with E-state index in [-0.39, 0.29) is 29.7 Å². The summed E-state index contributed by atoms with van der Waals surface area (Å²) in [6.07, 6.45) is 16.3. The Morgan fingerprint density at radius 3 is 2.02 bits per heavy atom. The molecule has 1 saturated carbocycles. The van der Waals surface area contributed by atoms with Crippen LogP contribution in [-0.2, 0) is 9.59 Å². The quantitative estimate of drug-likeness (QED) is 0.0869. The van der Waals surface area contributed by atoms with Crippen LogP contribution in [0.25, 0.3) is 0 Å². The van der Waals surface area contributed by atoms with E-state index in [9.17, 15) is 9.59 Å². The van der Waals surface area contributed by atoms with E-state index in [1.807, 2.05) is 12.1 Å². The van der Waals surface area contributed by atoms with Crippen molar-refractivity contribution < 1.29 is 19.1 Å². The summed E-state index contributed by atoms with van der Waals surface area (Å²) in [5.41, 5.74) is 6.69. The van der Waals surface area contributed by atoms with Crippen molar-refractivity contribution in [3.05, 3.63) is 94.0 Å². The Kier molecular flexibility index (Phi) is 13.6. The van der Waals surface area contributed by atoms with Gasteiger partial charge in [0.1, 0.15) is 11.5 Å². The molecule has 264 valence electrons. The third-order valence-corrected chi connectivity index (χ3v) is 11.4. The van der Waals surface area contributed by atoms with Gasteiger partial charge in [0.2, 0.25) is 0 Å². The van der Waals surface area contributed by atoms with Crippen molar-refractivity contribution >= 4 is 11.9 Å². The molecule has 0 aromatic heterocycles. The summed E-state index contributed by atoms with van der Waals surface area (Å²) in [6.45, 7) is 11.1. The van der Waals surface area contributed by atoms with Gasteiger partial charge < -0.3 is 9.47 Å². The van der Waals surface area contributed by atoms with Gasteiger partial charge in [-0.05, 0) is 85.3 Å². The first-order valence-electron chi connectivity index (χ1n) is 19.6. The van der Waals surface area contributed by atoms with Crippen LogP contribution in [0.2, 0.25) is 0 Å². The van der Waals surface area contributed by atoms with Gasteiger partial charge in [-0.2, -0.15) is 0 Å². The second kappa shape index (κ2) is 18.0. The maximum Gasteiger partial charge on any atom is 0.314 e. The van der Waals surface area contributed by atoms with Crippen molar-refractivity contribution in [2.45, 2.75) is 143 Å². The first-order valence-corrected chi connectivity index (χ1v) is 19.6. The monoisotopic (exact) mass is 664 g/mol. The molecule has 0 bridgehead atoms. The van der Waals surface area contributed by atoms with Crippen molar-refractivity contribution in [1.82, 2.24) is 0 Å². The average Bonchev–Trinajstić information content (AvgIpc) is 3.10. The van der Waals surface area contributed by atoms with Gasteiger partial charge in [-0.3, -0.25) is 9.59 Å². The second-order valence-corrected chi connectivity index (χ2v) is 15.1. The van der Waals surface area contributed by atoms with E-state index in [2.05, 4.69) is 83.1 Å². The van der Waals surface area contributed by atoms with Crippen LogP contribution < -0.4 is 9.47 Å². The smallest absolute Gasteiger partial charge is 0.314 e. The largest absolute Gasteiger partial charge is 0.426 e. The van der Waals surface area contributed by atoms with Gasteiger partial charge in [0.25, 0.3) is 0 Å². The molecule has 3 unspecified atom stereocenters. The van der Waals surface area contributed by atoms with E-state index in [4.69, 9.17) is 9.47 Å². The maximum atomic E-state index is 13.8. The fourth-order valence-corrected chi connectivity index (χ4v) is 8.45. The molecular formula is C45H60O4. The van der Waals surface area contributed by atoms with Crippen molar-refractivity contribution in [3.8, 4) is 11.5 Å². The average molecular weight is 665 g/mol. The van der Waals surface area contributed by atoms with E-state index in [1.54, 1.807) is 0 Å². The lowest BCUT2D eigenvalue weighted by Gasteiger charge is -2.36. The normalized spacial score (nSPS) is 20.6. The number of hydrogen-bond acceptors (Lipinski definition) is 4. The van der Waals surface area contributed by atoms with Crippen LogP contribution in [0.4, 0.5) is 0 Å². The molecule has 0 aliphatic heterocycles. The van der Waals surface area contributed by atoms with Crippen LogP contribution in [0.3, 0.4) is 0 Å². The van der Waals surface area contributed by atoms with Crippen LogP contribution in [-0.4, -0.2) is 11.9 Å². The van der Waals surface area contributed by atoms with Gasteiger partial charge in [-0.15, -0.1) is 0 Å². The highest BCUT2D eigenvalue weighted by atomic mass is 16.5. The fourth-order valence-electron chi connectivity index (χ4n) is 8.45. The number of fused-ring (bicyclic) bond motifs is 2. The molecule has 3 atom stereocenters. The highest BCUT2D eigenvalue weighted by Gasteiger charge is 2.38.